The van der Waals surface area contributed by atoms with Crippen LogP contribution in [-0.4, -0.2) is 31.2 Å². The quantitative estimate of drug-likeness (QED) is 0.334. The molecule has 0 aromatic carbocycles. The normalized spacial score (nSPS) is 11.7. The number of nitrogens with zero attached hydrogens (tertiary/aromatic N) is 2. The van der Waals surface area contributed by atoms with Crippen LogP contribution < -0.4 is 0 Å². The number of hydrogen-bond donors (Lipinski definition) is 0. The molecule has 106 valence electrons. The Hall–Kier alpha value is -0.960. The van der Waals surface area contributed by atoms with E-state index < -0.39 is 14.9 Å². The molecule has 0 unspecified atom stereocenters. The molecule has 1 aromatic rings. The van der Waals surface area contributed by atoms with Crippen LogP contribution >= 0.6 is 22.9 Å². The summed E-state index contributed by atoms with van der Waals surface area (Å²) in [5.74, 6) is 0. The van der Waals surface area contributed by atoms with Crippen LogP contribution in [0.2, 0.25) is 4.34 Å². The smallest absolute Gasteiger partial charge is 0.258 e. The molecule has 0 radical (unpaired) electrons. The number of nitro groups is 1. The molecule has 1 heterocycles. The van der Waals surface area contributed by atoms with Crippen LogP contribution in [0.4, 0.5) is 5.69 Å². The first-order valence-corrected chi connectivity index (χ1v) is 7.95. The first-order chi connectivity index (χ1) is 8.80. The number of allylic oxidation sites excluding steroid dienone is 1. The number of hydrogen-bond acceptors (Lipinski definition) is 5. The first kappa shape index (κ1) is 16.1. The van der Waals surface area contributed by atoms with Gasteiger partial charge in [0.1, 0.15) is 4.21 Å². The predicted molar refractivity (Wildman–Crippen MR) is 75.2 cm³/mol. The van der Waals surface area contributed by atoms with Crippen molar-refractivity contribution in [3.05, 3.63) is 33.2 Å². The van der Waals surface area contributed by atoms with Crippen molar-refractivity contribution in [2.75, 3.05) is 13.6 Å². The maximum absolute atomic E-state index is 12.1. The molecule has 0 amide bonds. The predicted octanol–water partition coefficient (Wildman–Crippen LogP) is 2.90. The van der Waals surface area contributed by atoms with Gasteiger partial charge < -0.3 is 0 Å². The summed E-state index contributed by atoms with van der Waals surface area (Å²) in [7, 11) is -2.30. The number of thiophene rings is 1. The molecule has 0 N–H and O–H groups in total. The van der Waals surface area contributed by atoms with Crippen LogP contribution in [0.5, 0.6) is 0 Å². The van der Waals surface area contributed by atoms with Crippen LogP contribution in [-0.2, 0) is 10.0 Å². The van der Waals surface area contributed by atoms with Gasteiger partial charge in [0, 0.05) is 19.7 Å². The van der Waals surface area contributed by atoms with Gasteiger partial charge in [-0.15, -0.1) is 17.9 Å². The molecule has 0 spiro atoms. The summed E-state index contributed by atoms with van der Waals surface area (Å²) in [5.41, 5.74) is -0.385. The van der Waals surface area contributed by atoms with Gasteiger partial charge in [-0.3, -0.25) is 10.1 Å². The standard InChI is InChI=1S/C10H13ClN2O4S2/c1-3-4-5-6-12(2)19(16,17)9-7-8(13(14)15)10(11)18-9/h3,7H,1,4-6H2,2H3. The zero-order chi connectivity index (χ0) is 14.6. The molecule has 0 fully saturated rings. The lowest BCUT2D eigenvalue weighted by Crippen LogP contribution is -2.27. The zero-order valence-electron chi connectivity index (χ0n) is 10.2. The maximum atomic E-state index is 12.1. The second kappa shape index (κ2) is 6.47. The summed E-state index contributed by atoms with van der Waals surface area (Å²) in [5, 5.41) is 10.7. The maximum Gasteiger partial charge on any atom is 0.300 e. The van der Waals surface area contributed by atoms with E-state index in [0.29, 0.717) is 30.7 Å². The minimum atomic E-state index is -3.73. The second-order valence-corrected chi connectivity index (χ2v) is 7.66. The van der Waals surface area contributed by atoms with Gasteiger partial charge in [0.15, 0.2) is 4.34 Å². The first-order valence-electron chi connectivity index (χ1n) is 5.31. The molecule has 1 aromatic heterocycles. The largest absolute Gasteiger partial charge is 0.300 e. The van der Waals surface area contributed by atoms with Crippen LogP contribution in [0.3, 0.4) is 0 Å². The Morgan fingerprint density at radius 3 is 2.74 bits per heavy atom. The highest BCUT2D eigenvalue weighted by Crippen LogP contribution is 2.37. The molecule has 0 bridgehead atoms. The van der Waals surface area contributed by atoms with E-state index in [1.165, 1.54) is 7.05 Å². The molecule has 19 heavy (non-hydrogen) atoms. The number of unbranched alkanes of at least 4 members (excludes halogenated alkanes) is 1. The fraction of sp³-hybridized carbons (Fsp3) is 0.400. The Labute approximate surface area is 120 Å². The summed E-state index contributed by atoms with van der Waals surface area (Å²) in [6.45, 7) is 3.87. The topological polar surface area (TPSA) is 80.5 Å². The lowest BCUT2D eigenvalue weighted by Gasteiger charge is -2.14. The van der Waals surface area contributed by atoms with Gasteiger partial charge in [0.25, 0.3) is 15.7 Å². The van der Waals surface area contributed by atoms with Crippen LogP contribution in [0.15, 0.2) is 22.9 Å². The highest BCUT2D eigenvalue weighted by molar-refractivity contribution is 7.91. The Balaban J connectivity index is 2.96. The lowest BCUT2D eigenvalue weighted by atomic mass is 10.3. The minimum absolute atomic E-state index is 0.120. The minimum Gasteiger partial charge on any atom is -0.258 e. The monoisotopic (exact) mass is 324 g/mol. The van der Waals surface area contributed by atoms with Crippen LogP contribution in [0, 0.1) is 10.1 Å². The van der Waals surface area contributed by atoms with Crippen molar-refractivity contribution >= 4 is 38.6 Å². The van der Waals surface area contributed by atoms with Crippen molar-refractivity contribution in [1.29, 1.82) is 0 Å². The third-order valence-corrected chi connectivity index (χ3v) is 6.03. The van der Waals surface area contributed by atoms with Crippen molar-refractivity contribution in [3.63, 3.8) is 0 Å². The fourth-order valence-corrected chi connectivity index (χ4v) is 4.41. The van der Waals surface area contributed by atoms with Gasteiger partial charge in [-0.2, -0.15) is 0 Å². The zero-order valence-corrected chi connectivity index (χ0v) is 12.6. The van der Waals surface area contributed by atoms with Gasteiger partial charge >= 0.3 is 0 Å². The van der Waals surface area contributed by atoms with Gasteiger partial charge in [-0.25, -0.2) is 12.7 Å². The van der Waals surface area contributed by atoms with Crippen molar-refractivity contribution in [2.24, 2.45) is 0 Å². The molecular formula is C10H13ClN2O4S2. The van der Waals surface area contributed by atoms with Gasteiger partial charge in [-0.05, 0) is 12.8 Å². The molecular weight excluding hydrogens is 312 g/mol. The summed E-state index contributed by atoms with van der Waals surface area (Å²) < 4.78 is 25.2. The molecule has 1 rings (SSSR count). The van der Waals surface area contributed by atoms with Gasteiger partial charge in [0.2, 0.25) is 0 Å². The van der Waals surface area contributed by atoms with E-state index in [-0.39, 0.29) is 14.2 Å². The van der Waals surface area contributed by atoms with Crippen molar-refractivity contribution in [2.45, 2.75) is 17.1 Å². The van der Waals surface area contributed by atoms with E-state index in [0.717, 1.165) is 10.4 Å². The van der Waals surface area contributed by atoms with E-state index in [2.05, 4.69) is 6.58 Å². The summed E-state index contributed by atoms with van der Waals surface area (Å²) in [4.78, 5) is 9.95. The third-order valence-electron chi connectivity index (χ3n) is 2.39. The highest BCUT2D eigenvalue weighted by atomic mass is 35.5. The average molecular weight is 325 g/mol. The lowest BCUT2D eigenvalue weighted by molar-refractivity contribution is -0.384. The second-order valence-electron chi connectivity index (χ2n) is 3.74. The number of halogens is 1. The Morgan fingerprint density at radius 2 is 2.26 bits per heavy atom. The Morgan fingerprint density at radius 1 is 1.63 bits per heavy atom. The molecule has 0 atom stereocenters. The summed E-state index contributed by atoms with van der Waals surface area (Å²) >= 11 is 6.35. The summed E-state index contributed by atoms with van der Waals surface area (Å²) in [6, 6.07) is 0.992. The fourth-order valence-electron chi connectivity index (χ4n) is 1.32. The van der Waals surface area contributed by atoms with Crippen LogP contribution in [0.25, 0.3) is 0 Å². The Kier molecular flexibility index (Phi) is 5.48. The van der Waals surface area contributed by atoms with E-state index in [1.807, 2.05) is 0 Å². The van der Waals surface area contributed by atoms with Crippen molar-refractivity contribution in [3.8, 4) is 0 Å². The SMILES string of the molecule is C=CCCCN(C)S(=O)(=O)c1cc([N+](=O)[O-])c(Cl)s1. The number of rotatable bonds is 7. The molecule has 0 aliphatic rings. The highest BCUT2D eigenvalue weighted by Gasteiger charge is 2.28. The molecule has 6 nitrogen and oxygen atoms in total. The molecule has 0 saturated carbocycles. The van der Waals surface area contributed by atoms with E-state index in [9.17, 15) is 18.5 Å². The Bertz CT molecular complexity index is 582. The van der Waals surface area contributed by atoms with E-state index in [1.54, 1.807) is 6.08 Å². The number of sulfonamides is 1. The third kappa shape index (κ3) is 3.75. The van der Waals surface area contributed by atoms with E-state index in [4.69, 9.17) is 11.6 Å². The van der Waals surface area contributed by atoms with E-state index >= 15 is 0 Å². The molecule has 9 heteroatoms. The van der Waals surface area contributed by atoms with Gasteiger partial charge in [0.05, 0.1) is 4.92 Å². The summed E-state index contributed by atoms with van der Waals surface area (Å²) in [6.07, 6.45) is 3.04. The molecule has 0 saturated heterocycles. The average Bonchev–Trinajstić information content (AvgIpc) is 2.72. The van der Waals surface area contributed by atoms with Gasteiger partial charge in [-0.1, -0.05) is 17.7 Å². The van der Waals surface area contributed by atoms with Crippen molar-refractivity contribution in [1.82, 2.24) is 4.31 Å². The van der Waals surface area contributed by atoms with Crippen molar-refractivity contribution < 1.29 is 13.3 Å². The molecule has 0 aliphatic heterocycles. The molecule has 0 aliphatic carbocycles. The van der Waals surface area contributed by atoms with Crippen LogP contribution in [0.1, 0.15) is 12.8 Å².